The molecule has 0 bridgehead atoms. The average molecular weight is 244 g/mol. The Bertz CT molecular complexity index is 379. The van der Waals surface area contributed by atoms with Gasteiger partial charge >= 0.3 is 0 Å². The molecule has 6 heteroatoms. The molecule has 0 spiro atoms. The van der Waals surface area contributed by atoms with Gasteiger partial charge in [-0.05, 0) is 19.8 Å². The number of aromatic nitrogens is 3. The fraction of sp³-hybridized carbons (Fsp3) is 0.818. The third-order valence-electron chi connectivity index (χ3n) is 3.72. The van der Waals surface area contributed by atoms with Crippen LogP contribution in [0.25, 0.3) is 0 Å². The van der Waals surface area contributed by atoms with Gasteiger partial charge in [-0.25, -0.2) is 18.4 Å². The highest BCUT2D eigenvalue weighted by molar-refractivity contribution is 5.11. The van der Waals surface area contributed by atoms with E-state index in [0.717, 1.165) is 5.82 Å². The zero-order valence-corrected chi connectivity index (χ0v) is 9.99. The number of hydrogen-bond acceptors (Lipinski definition) is 3. The number of alkyl halides is 2. The van der Waals surface area contributed by atoms with Gasteiger partial charge in [0.25, 0.3) is 0 Å². The van der Waals surface area contributed by atoms with Crippen molar-refractivity contribution >= 4 is 0 Å². The van der Waals surface area contributed by atoms with E-state index in [-0.39, 0.29) is 12.8 Å². The normalized spacial score (nSPS) is 22.6. The minimum atomic E-state index is -2.55. The smallest absolute Gasteiger partial charge is 0.248 e. The minimum absolute atomic E-state index is 0.110. The van der Waals surface area contributed by atoms with Crippen molar-refractivity contribution in [3.63, 3.8) is 0 Å². The molecule has 96 valence electrons. The van der Waals surface area contributed by atoms with Gasteiger partial charge in [0.2, 0.25) is 5.92 Å². The molecule has 4 nitrogen and oxygen atoms in total. The Balaban J connectivity index is 2.27. The molecule has 0 amide bonds. The molecule has 2 rings (SSSR count). The summed E-state index contributed by atoms with van der Waals surface area (Å²) in [4.78, 5) is 4.23. The molecule has 0 saturated heterocycles. The Hall–Kier alpha value is -1.04. The fourth-order valence-corrected chi connectivity index (χ4v) is 2.52. The first-order valence-corrected chi connectivity index (χ1v) is 5.99. The molecule has 1 heterocycles. The molecular formula is C11H18F2N4. The van der Waals surface area contributed by atoms with Gasteiger partial charge < -0.3 is 5.73 Å². The highest BCUT2D eigenvalue weighted by atomic mass is 19.3. The van der Waals surface area contributed by atoms with Crippen LogP contribution in [0, 0.1) is 0 Å². The minimum Gasteiger partial charge on any atom is -0.329 e. The third-order valence-corrected chi connectivity index (χ3v) is 3.72. The standard InChI is InChI=1S/C11H18F2N4/c1-2-17-9(15-8-16-17)10(7-14)3-5-11(12,13)6-4-10/h8H,2-7,14H2,1H3. The van der Waals surface area contributed by atoms with Crippen molar-refractivity contribution in [2.45, 2.75) is 50.5 Å². The Morgan fingerprint density at radius 2 is 2.00 bits per heavy atom. The Morgan fingerprint density at radius 1 is 1.35 bits per heavy atom. The first-order chi connectivity index (χ1) is 8.03. The van der Waals surface area contributed by atoms with Gasteiger partial charge in [-0.15, -0.1) is 0 Å². The summed E-state index contributed by atoms with van der Waals surface area (Å²) in [7, 11) is 0. The third kappa shape index (κ3) is 2.18. The zero-order valence-electron chi connectivity index (χ0n) is 9.99. The van der Waals surface area contributed by atoms with Gasteiger partial charge in [0.1, 0.15) is 12.2 Å². The summed E-state index contributed by atoms with van der Waals surface area (Å²) in [5.41, 5.74) is 5.39. The fourth-order valence-electron chi connectivity index (χ4n) is 2.52. The lowest BCUT2D eigenvalue weighted by molar-refractivity contribution is -0.0524. The van der Waals surface area contributed by atoms with Crippen LogP contribution in [0.2, 0.25) is 0 Å². The van der Waals surface area contributed by atoms with Crippen molar-refractivity contribution in [3.8, 4) is 0 Å². The lowest BCUT2D eigenvalue weighted by Crippen LogP contribution is -2.44. The maximum Gasteiger partial charge on any atom is 0.248 e. The molecule has 0 aromatic carbocycles. The summed E-state index contributed by atoms with van der Waals surface area (Å²) < 4.78 is 28.2. The van der Waals surface area contributed by atoms with E-state index in [1.54, 1.807) is 4.68 Å². The summed E-state index contributed by atoms with van der Waals surface area (Å²) in [5, 5.41) is 4.10. The van der Waals surface area contributed by atoms with Crippen molar-refractivity contribution in [2.75, 3.05) is 6.54 Å². The van der Waals surface area contributed by atoms with E-state index in [9.17, 15) is 8.78 Å². The van der Waals surface area contributed by atoms with Crippen LogP contribution in [0.3, 0.4) is 0 Å². The first-order valence-electron chi connectivity index (χ1n) is 5.99. The highest BCUT2D eigenvalue weighted by Gasteiger charge is 2.45. The van der Waals surface area contributed by atoms with Crippen LogP contribution < -0.4 is 5.73 Å². The van der Waals surface area contributed by atoms with Gasteiger partial charge in [-0.1, -0.05) is 0 Å². The van der Waals surface area contributed by atoms with Gasteiger partial charge in [0.15, 0.2) is 0 Å². The van der Waals surface area contributed by atoms with Crippen LogP contribution in [-0.4, -0.2) is 27.2 Å². The van der Waals surface area contributed by atoms with Crippen LogP contribution in [0.1, 0.15) is 38.4 Å². The molecular weight excluding hydrogens is 226 g/mol. The summed E-state index contributed by atoms with van der Waals surface area (Å²) >= 11 is 0. The van der Waals surface area contributed by atoms with E-state index in [0.29, 0.717) is 25.9 Å². The molecule has 0 unspecified atom stereocenters. The Labute approximate surface area is 99.2 Å². The van der Waals surface area contributed by atoms with E-state index in [2.05, 4.69) is 10.1 Å². The second kappa shape index (κ2) is 4.33. The topological polar surface area (TPSA) is 56.7 Å². The molecule has 0 atom stereocenters. The quantitative estimate of drug-likeness (QED) is 0.880. The second-order valence-electron chi connectivity index (χ2n) is 4.74. The molecule has 1 aliphatic carbocycles. The first kappa shape index (κ1) is 12.4. The lowest BCUT2D eigenvalue weighted by atomic mass is 9.72. The monoisotopic (exact) mass is 244 g/mol. The van der Waals surface area contributed by atoms with Crippen molar-refractivity contribution in [1.82, 2.24) is 14.8 Å². The number of rotatable bonds is 3. The summed E-state index contributed by atoms with van der Waals surface area (Å²) in [5.74, 6) is -1.78. The average Bonchev–Trinajstić information content (AvgIpc) is 2.79. The number of nitrogens with two attached hydrogens (primary N) is 1. The Morgan fingerprint density at radius 3 is 2.53 bits per heavy atom. The Kier molecular flexibility index (Phi) is 3.16. The molecule has 1 aliphatic rings. The van der Waals surface area contributed by atoms with Crippen molar-refractivity contribution in [2.24, 2.45) is 5.73 Å². The number of hydrogen-bond donors (Lipinski definition) is 1. The van der Waals surface area contributed by atoms with Gasteiger partial charge in [0, 0.05) is 31.3 Å². The molecule has 1 aromatic rings. The number of aryl methyl sites for hydroxylation is 1. The molecule has 2 N–H and O–H groups in total. The van der Waals surface area contributed by atoms with E-state index < -0.39 is 11.3 Å². The van der Waals surface area contributed by atoms with Crippen LogP contribution in [0.4, 0.5) is 8.78 Å². The SMILES string of the molecule is CCn1ncnc1C1(CN)CCC(F)(F)CC1. The van der Waals surface area contributed by atoms with Gasteiger partial charge in [-0.2, -0.15) is 5.10 Å². The molecule has 0 radical (unpaired) electrons. The molecule has 1 fully saturated rings. The molecule has 1 saturated carbocycles. The molecule has 17 heavy (non-hydrogen) atoms. The van der Waals surface area contributed by atoms with Crippen molar-refractivity contribution in [1.29, 1.82) is 0 Å². The number of halogens is 2. The van der Waals surface area contributed by atoms with Crippen molar-refractivity contribution < 1.29 is 8.78 Å². The predicted molar refractivity (Wildman–Crippen MR) is 59.8 cm³/mol. The maximum absolute atomic E-state index is 13.2. The van der Waals surface area contributed by atoms with E-state index in [1.165, 1.54) is 6.33 Å². The number of nitrogens with zero attached hydrogens (tertiary/aromatic N) is 3. The maximum atomic E-state index is 13.2. The van der Waals surface area contributed by atoms with Gasteiger partial charge in [0.05, 0.1) is 0 Å². The summed E-state index contributed by atoms with van der Waals surface area (Å²) in [6.07, 6.45) is 2.02. The molecule has 0 aliphatic heterocycles. The lowest BCUT2D eigenvalue weighted by Gasteiger charge is -2.38. The van der Waals surface area contributed by atoms with Crippen LogP contribution in [0.5, 0.6) is 0 Å². The van der Waals surface area contributed by atoms with Crippen LogP contribution >= 0.6 is 0 Å². The molecule has 1 aromatic heterocycles. The zero-order chi connectivity index (χ0) is 12.5. The second-order valence-corrected chi connectivity index (χ2v) is 4.74. The van der Waals surface area contributed by atoms with Gasteiger partial charge in [-0.3, -0.25) is 0 Å². The van der Waals surface area contributed by atoms with Crippen LogP contribution in [0.15, 0.2) is 6.33 Å². The largest absolute Gasteiger partial charge is 0.329 e. The van der Waals surface area contributed by atoms with E-state index >= 15 is 0 Å². The predicted octanol–water partition coefficient (Wildman–Crippen LogP) is 1.70. The van der Waals surface area contributed by atoms with E-state index in [4.69, 9.17) is 5.73 Å². The summed E-state index contributed by atoms with van der Waals surface area (Å²) in [6, 6.07) is 0. The van der Waals surface area contributed by atoms with E-state index in [1.807, 2.05) is 6.92 Å². The summed E-state index contributed by atoms with van der Waals surface area (Å²) in [6.45, 7) is 3.00. The van der Waals surface area contributed by atoms with Crippen molar-refractivity contribution in [3.05, 3.63) is 12.2 Å². The highest BCUT2D eigenvalue weighted by Crippen LogP contribution is 2.44. The van der Waals surface area contributed by atoms with Crippen LogP contribution in [-0.2, 0) is 12.0 Å².